The van der Waals surface area contributed by atoms with Crippen molar-refractivity contribution < 1.29 is 8.83 Å². The Kier molecular flexibility index (Phi) is 5.09. The maximum atomic E-state index is 5.80. The average molecular weight is 416 g/mol. The highest BCUT2D eigenvalue weighted by atomic mass is 32.2. The predicted octanol–water partition coefficient (Wildman–Crippen LogP) is 4.32. The van der Waals surface area contributed by atoms with Gasteiger partial charge in [-0.05, 0) is 36.4 Å². The minimum atomic E-state index is 0.475. The van der Waals surface area contributed by atoms with Crippen molar-refractivity contribution >= 4 is 11.8 Å². The van der Waals surface area contributed by atoms with E-state index < -0.39 is 0 Å². The molecule has 0 fully saturated rings. The zero-order valence-corrected chi connectivity index (χ0v) is 16.6. The molecule has 5 aromatic rings. The van der Waals surface area contributed by atoms with E-state index in [2.05, 4.69) is 25.4 Å². The van der Waals surface area contributed by atoms with Crippen LogP contribution in [0.2, 0.25) is 0 Å². The maximum absolute atomic E-state index is 5.80. The van der Waals surface area contributed by atoms with Crippen LogP contribution in [0.1, 0.15) is 11.7 Å². The van der Waals surface area contributed by atoms with Gasteiger partial charge in [-0.3, -0.25) is 9.55 Å². The van der Waals surface area contributed by atoms with Crippen LogP contribution in [0.3, 0.4) is 0 Å². The Balaban J connectivity index is 1.39. The number of furan rings is 1. The van der Waals surface area contributed by atoms with E-state index >= 15 is 0 Å². The highest BCUT2D eigenvalue weighted by Gasteiger charge is 2.17. The fourth-order valence-electron chi connectivity index (χ4n) is 2.94. The molecule has 0 radical (unpaired) electrons. The molecule has 0 aliphatic carbocycles. The summed E-state index contributed by atoms with van der Waals surface area (Å²) in [5, 5.41) is 17.8. The zero-order chi connectivity index (χ0) is 20.2. The first-order valence-corrected chi connectivity index (χ1v) is 10.2. The van der Waals surface area contributed by atoms with Crippen molar-refractivity contribution in [3.8, 4) is 22.8 Å². The molecule has 0 saturated carbocycles. The Morgan fingerprint density at radius 1 is 0.867 bits per heavy atom. The lowest BCUT2D eigenvalue weighted by atomic mass is 10.2. The van der Waals surface area contributed by atoms with Crippen molar-refractivity contribution in [3.05, 3.63) is 84.9 Å². The van der Waals surface area contributed by atoms with Gasteiger partial charge >= 0.3 is 0 Å². The van der Waals surface area contributed by atoms with Crippen molar-refractivity contribution in [3.63, 3.8) is 0 Å². The molecular formula is C21H16N6O2S. The van der Waals surface area contributed by atoms with Crippen LogP contribution in [-0.2, 0) is 12.3 Å². The zero-order valence-electron chi connectivity index (χ0n) is 15.8. The standard InChI is InChI=1S/C21H16N6O2S/c1-2-6-15(7-3-1)20-25-23-18(29-20)14-30-21-26-24-19(16-8-4-10-22-12-16)27(21)13-17-9-5-11-28-17/h1-12H,13-14H2. The third-order valence-corrected chi connectivity index (χ3v) is 5.29. The van der Waals surface area contributed by atoms with Crippen molar-refractivity contribution in [2.24, 2.45) is 0 Å². The summed E-state index contributed by atoms with van der Waals surface area (Å²) in [6.45, 7) is 0.506. The molecule has 0 bridgehead atoms. The van der Waals surface area contributed by atoms with Crippen LogP contribution in [0.5, 0.6) is 0 Å². The van der Waals surface area contributed by atoms with Crippen LogP contribution >= 0.6 is 11.8 Å². The van der Waals surface area contributed by atoms with Gasteiger partial charge in [0.25, 0.3) is 0 Å². The first-order chi connectivity index (χ1) is 14.9. The normalized spacial score (nSPS) is 11.1. The van der Waals surface area contributed by atoms with E-state index in [1.807, 2.05) is 59.2 Å². The van der Waals surface area contributed by atoms with Gasteiger partial charge in [-0.1, -0.05) is 30.0 Å². The summed E-state index contributed by atoms with van der Waals surface area (Å²) in [7, 11) is 0. The van der Waals surface area contributed by atoms with E-state index in [-0.39, 0.29) is 0 Å². The van der Waals surface area contributed by atoms with Crippen LogP contribution in [0.15, 0.2) is 87.2 Å². The number of hydrogen-bond donors (Lipinski definition) is 0. The largest absolute Gasteiger partial charge is 0.467 e. The minimum Gasteiger partial charge on any atom is -0.467 e. The molecule has 0 atom stereocenters. The Morgan fingerprint density at radius 2 is 1.77 bits per heavy atom. The van der Waals surface area contributed by atoms with Gasteiger partial charge < -0.3 is 8.83 Å². The predicted molar refractivity (Wildman–Crippen MR) is 110 cm³/mol. The van der Waals surface area contributed by atoms with Gasteiger partial charge in [0.05, 0.1) is 18.6 Å². The van der Waals surface area contributed by atoms with E-state index in [0.29, 0.717) is 24.1 Å². The molecule has 0 saturated heterocycles. The quantitative estimate of drug-likeness (QED) is 0.362. The highest BCUT2D eigenvalue weighted by Crippen LogP contribution is 2.28. The Bertz CT molecular complexity index is 1220. The average Bonchev–Trinajstić information content (AvgIpc) is 3.56. The monoisotopic (exact) mass is 416 g/mol. The molecule has 0 unspecified atom stereocenters. The molecule has 9 heteroatoms. The van der Waals surface area contributed by atoms with Crippen LogP contribution in [0, 0.1) is 0 Å². The van der Waals surface area contributed by atoms with E-state index in [1.165, 1.54) is 11.8 Å². The lowest BCUT2D eigenvalue weighted by molar-refractivity contribution is 0.485. The van der Waals surface area contributed by atoms with Crippen molar-refractivity contribution in [2.45, 2.75) is 17.5 Å². The molecule has 0 aliphatic heterocycles. The number of thioether (sulfide) groups is 1. The number of aromatic nitrogens is 6. The van der Waals surface area contributed by atoms with Crippen molar-refractivity contribution in [1.82, 2.24) is 29.9 Å². The van der Waals surface area contributed by atoms with Gasteiger partial charge in [0.2, 0.25) is 11.8 Å². The van der Waals surface area contributed by atoms with E-state index in [0.717, 1.165) is 27.9 Å². The van der Waals surface area contributed by atoms with E-state index in [4.69, 9.17) is 8.83 Å². The lowest BCUT2D eigenvalue weighted by Crippen LogP contribution is -2.03. The minimum absolute atomic E-state index is 0.475. The molecule has 0 aliphatic rings. The van der Waals surface area contributed by atoms with Gasteiger partial charge in [0, 0.05) is 23.5 Å². The van der Waals surface area contributed by atoms with Crippen LogP contribution in [0.4, 0.5) is 0 Å². The van der Waals surface area contributed by atoms with Gasteiger partial charge in [-0.15, -0.1) is 20.4 Å². The summed E-state index contributed by atoms with van der Waals surface area (Å²) in [6.07, 6.45) is 5.15. The number of benzene rings is 1. The smallest absolute Gasteiger partial charge is 0.247 e. The molecule has 148 valence electrons. The first-order valence-electron chi connectivity index (χ1n) is 9.23. The molecule has 30 heavy (non-hydrogen) atoms. The van der Waals surface area contributed by atoms with Crippen molar-refractivity contribution in [1.29, 1.82) is 0 Å². The maximum Gasteiger partial charge on any atom is 0.247 e. The molecule has 0 spiro atoms. The second-order valence-electron chi connectivity index (χ2n) is 6.37. The highest BCUT2D eigenvalue weighted by molar-refractivity contribution is 7.98. The van der Waals surface area contributed by atoms with E-state index in [1.54, 1.807) is 18.7 Å². The Morgan fingerprint density at radius 3 is 2.57 bits per heavy atom. The molecule has 0 N–H and O–H groups in total. The second-order valence-corrected chi connectivity index (χ2v) is 7.31. The Hall–Kier alpha value is -3.72. The molecule has 8 nitrogen and oxygen atoms in total. The third kappa shape index (κ3) is 3.87. The number of rotatable bonds is 7. The molecule has 1 aromatic carbocycles. The topological polar surface area (TPSA) is 95.7 Å². The summed E-state index contributed by atoms with van der Waals surface area (Å²) >= 11 is 1.48. The molecule has 5 rings (SSSR count). The van der Waals surface area contributed by atoms with Gasteiger partial charge in [0.1, 0.15) is 5.76 Å². The fourth-order valence-corrected chi connectivity index (χ4v) is 3.72. The second kappa shape index (κ2) is 8.34. The summed E-state index contributed by atoms with van der Waals surface area (Å²) in [6, 6.07) is 17.3. The number of pyridine rings is 1. The van der Waals surface area contributed by atoms with Gasteiger partial charge in [-0.2, -0.15) is 0 Å². The number of nitrogens with zero attached hydrogens (tertiary/aromatic N) is 6. The SMILES string of the molecule is c1ccc(-c2nnc(CSc3nnc(-c4cccnc4)n3Cc3ccco3)o2)cc1. The molecule has 4 heterocycles. The van der Waals surface area contributed by atoms with E-state index in [9.17, 15) is 0 Å². The van der Waals surface area contributed by atoms with Gasteiger partial charge in [0.15, 0.2) is 11.0 Å². The fraction of sp³-hybridized carbons (Fsp3) is 0.0952. The van der Waals surface area contributed by atoms with Gasteiger partial charge in [-0.25, -0.2) is 0 Å². The Labute approximate surface area is 176 Å². The van der Waals surface area contributed by atoms with Crippen LogP contribution in [-0.4, -0.2) is 29.9 Å². The first kappa shape index (κ1) is 18.3. The number of hydrogen-bond acceptors (Lipinski definition) is 8. The summed E-state index contributed by atoms with van der Waals surface area (Å²) in [5.74, 6) is 3.03. The molecule has 4 aromatic heterocycles. The lowest BCUT2D eigenvalue weighted by Gasteiger charge is -2.08. The molecule has 0 amide bonds. The van der Waals surface area contributed by atoms with Crippen molar-refractivity contribution in [2.75, 3.05) is 0 Å². The summed E-state index contributed by atoms with van der Waals surface area (Å²) < 4.78 is 13.3. The molecular weight excluding hydrogens is 400 g/mol. The summed E-state index contributed by atoms with van der Waals surface area (Å²) in [4.78, 5) is 4.19. The third-order valence-electron chi connectivity index (χ3n) is 4.34. The van der Waals surface area contributed by atoms with Crippen LogP contribution in [0.25, 0.3) is 22.8 Å². The van der Waals surface area contributed by atoms with Crippen LogP contribution < -0.4 is 0 Å². The summed E-state index contributed by atoms with van der Waals surface area (Å²) in [5.41, 5.74) is 1.77.